The lowest BCUT2D eigenvalue weighted by Crippen LogP contribution is -1.96. The van der Waals surface area contributed by atoms with Gasteiger partial charge >= 0.3 is 5.97 Å². The van der Waals surface area contributed by atoms with Crippen LogP contribution in [0.3, 0.4) is 0 Å². The van der Waals surface area contributed by atoms with Gasteiger partial charge in [-0.15, -0.1) is 11.3 Å². The molecule has 0 atom stereocenters. The molecule has 1 N–H and O–H groups in total. The van der Waals surface area contributed by atoms with Crippen molar-refractivity contribution in [1.29, 1.82) is 0 Å². The molecule has 0 aliphatic rings. The zero-order valence-electron chi connectivity index (χ0n) is 10.3. The second-order valence-electron chi connectivity index (χ2n) is 4.34. The molecule has 0 amide bonds. The van der Waals surface area contributed by atoms with Crippen LogP contribution in [0.15, 0.2) is 42.6 Å². The number of carboxylic acid groups (broad SMARTS) is 1. The van der Waals surface area contributed by atoms with Gasteiger partial charge in [0.15, 0.2) is 0 Å². The molecule has 0 radical (unpaired) electrons. The standard InChI is InChI=1S/C15H11NO2S/c1-9-3-2-4-10-8-13(19-14(9)10)12-7-11(15(17)18)5-6-16-12/h2-8H,1H3,(H,17,18). The molecule has 0 saturated heterocycles. The maximum absolute atomic E-state index is 11.0. The van der Waals surface area contributed by atoms with Crippen molar-refractivity contribution in [2.75, 3.05) is 0 Å². The minimum atomic E-state index is -0.930. The van der Waals surface area contributed by atoms with E-state index >= 15 is 0 Å². The van der Waals surface area contributed by atoms with E-state index in [1.165, 1.54) is 27.9 Å². The molecule has 0 aliphatic heterocycles. The number of aromatic carboxylic acids is 1. The van der Waals surface area contributed by atoms with Crippen LogP contribution in [0.4, 0.5) is 0 Å². The van der Waals surface area contributed by atoms with Crippen LogP contribution in [-0.2, 0) is 0 Å². The summed E-state index contributed by atoms with van der Waals surface area (Å²) in [6.45, 7) is 2.07. The number of benzene rings is 1. The SMILES string of the molecule is Cc1cccc2cc(-c3cc(C(=O)O)ccn3)sc12. The first-order valence-corrected chi connectivity index (χ1v) is 6.66. The zero-order valence-corrected chi connectivity index (χ0v) is 11.1. The summed E-state index contributed by atoms with van der Waals surface area (Å²) in [4.78, 5) is 16.2. The minimum Gasteiger partial charge on any atom is -0.478 e. The molecule has 3 aromatic rings. The van der Waals surface area contributed by atoms with Crippen molar-refractivity contribution in [1.82, 2.24) is 4.98 Å². The van der Waals surface area contributed by atoms with E-state index < -0.39 is 5.97 Å². The Bertz CT molecular complexity index is 777. The van der Waals surface area contributed by atoms with Crippen LogP contribution in [0, 0.1) is 6.92 Å². The van der Waals surface area contributed by atoms with Crippen molar-refractivity contribution in [3.8, 4) is 10.6 Å². The molecule has 0 bridgehead atoms. The lowest BCUT2D eigenvalue weighted by Gasteiger charge is -1.98. The molecular formula is C15H11NO2S. The van der Waals surface area contributed by atoms with E-state index in [2.05, 4.69) is 30.1 Å². The highest BCUT2D eigenvalue weighted by Crippen LogP contribution is 2.34. The van der Waals surface area contributed by atoms with Gasteiger partial charge in [-0.25, -0.2) is 4.79 Å². The first-order chi connectivity index (χ1) is 9.15. The normalized spacial score (nSPS) is 10.8. The van der Waals surface area contributed by atoms with E-state index in [-0.39, 0.29) is 5.56 Å². The van der Waals surface area contributed by atoms with Gasteiger partial charge in [0.1, 0.15) is 0 Å². The van der Waals surface area contributed by atoms with Crippen LogP contribution >= 0.6 is 11.3 Å². The van der Waals surface area contributed by atoms with E-state index in [4.69, 9.17) is 5.11 Å². The fourth-order valence-corrected chi connectivity index (χ4v) is 3.13. The molecule has 2 aromatic heterocycles. The molecule has 0 unspecified atom stereocenters. The van der Waals surface area contributed by atoms with Gasteiger partial charge in [-0.3, -0.25) is 4.98 Å². The quantitative estimate of drug-likeness (QED) is 0.765. The Morgan fingerprint density at radius 2 is 2.11 bits per heavy atom. The summed E-state index contributed by atoms with van der Waals surface area (Å²) in [5, 5.41) is 10.2. The summed E-state index contributed by atoms with van der Waals surface area (Å²) in [6, 6.07) is 11.3. The average molecular weight is 269 g/mol. The lowest BCUT2D eigenvalue weighted by molar-refractivity contribution is 0.0697. The van der Waals surface area contributed by atoms with Crippen LogP contribution < -0.4 is 0 Å². The molecule has 19 heavy (non-hydrogen) atoms. The Hall–Kier alpha value is -2.20. The van der Waals surface area contributed by atoms with Gasteiger partial charge in [-0.2, -0.15) is 0 Å². The van der Waals surface area contributed by atoms with Gasteiger partial charge in [0.25, 0.3) is 0 Å². The summed E-state index contributed by atoms with van der Waals surface area (Å²) >= 11 is 1.64. The molecule has 0 saturated carbocycles. The number of rotatable bonds is 2. The van der Waals surface area contributed by atoms with Crippen LogP contribution in [-0.4, -0.2) is 16.1 Å². The Kier molecular flexibility index (Phi) is 2.80. The number of pyridine rings is 1. The number of hydrogen-bond donors (Lipinski definition) is 1. The van der Waals surface area contributed by atoms with E-state index in [9.17, 15) is 4.79 Å². The van der Waals surface area contributed by atoms with Gasteiger partial charge in [0.05, 0.1) is 16.1 Å². The number of aryl methyl sites for hydroxylation is 1. The van der Waals surface area contributed by atoms with Crippen molar-refractivity contribution in [2.24, 2.45) is 0 Å². The number of aromatic nitrogens is 1. The molecule has 94 valence electrons. The third-order valence-corrected chi connectivity index (χ3v) is 4.31. The van der Waals surface area contributed by atoms with Crippen LogP contribution in [0.2, 0.25) is 0 Å². The van der Waals surface area contributed by atoms with Gasteiger partial charge in [0.2, 0.25) is 0 Å². The Balaban J connectivity index is 2.16. The van der Waals surface area contributed by atoms with Gasteiger partial charge < -0.3 is 5.11 Å². The minimum absolute atomic E-state index is 0.263. The zero-order chi connectivity index (χ0) is 13.4. The molecule has 2 heterocycles. The van der Waals surface area contributed by atoms with E-state index in [0.29, 0.717) is 5.69 Å². The van der Waals surface area contributed by atoms with Gasteiger partial charge in [0, 0.05) is 10.9 Å². The maximum atomic E-state index is 11.0. The summed E-state index contributed by atoms with van der Waals surface area (Å²) in [6.07, 6.45) is 1.54. The lowest BCUT2D eigenvalue weighted by atomic mass is 10.1. The predicted molar refractivity (Wildman–Crippen MR) is 76.8 cm³/mol. The first-order valence-electron chi connectivity index (χ1n) is 5.84. The third-order valence-electron chi connectivity index (χ3n) is 3.00. The number of nitrogens with zero attached hydrogens (tertiary/aromatic N) is 1. The highest BCUT2D eigenvalue weighted by atomic mass is 32.1. The van der Waals surface area contributed by atoms with E-state index in [1.54, 1.807) is 17.4 Å². The molecule has 0 aliphatic carbocycles. The molecular weight excluding hydrogens is 258 g/mol. The average Bonchev–Trinajstić information content (AvgIpc) is 2.84. The van der Waals surface area contributed by atoms with E-state index in [1.807, 2.05) is 6.07 Å². The Labute approximate surface area is 114 Å². The molecule has 3 rings (SSSR count). The largest absolute Gasteiger partial charge is 0.478 e. The highest BCUT2D eigenvalue weighted by molar-refractivity contribution is 7.22. The van der Waals surface area contributed by atoms with Crippen LogP contribution in [0.1, 0.15) is 15.9 Å². The smallest absolute Gasteiger partial charge is 0.335 e. The van der Waals surface area contributed by atoms with Crippen molar-refractivity contribution in [3.63, 3.8) is 0 Å². The molecule has 0 fully saturated rings. The molecule has 4 heteroatoms. The molecule has 0 spiro atoms. The van der Waals surface area contributed by atoms with Crippen LogP contribution in [0.25, 0.3) is 20.7 Å². The number of hydrogen-bond acceptors (Lipinski definition) is 3. The summed E-state index contributed by atoms with van der Waals surface area (Å²) in [5.41, 5.74) is 2.20. The number of fused-ring (bicyclic) bond motifs is 1. The number of carboxylic acids is 1. The summed E-state index contributed by atoms with van der Waals surface area (Å²) in [5.74, 6) is -0.930. The highest BCUT2D eigenvalue weighted by Gasteiger charge is 2.09. The summed E-state index contributed by atoms with van der Waals surface area (Å²) in [7, 11) is 0. The van der Waals surface area contributed by atoms with Gasteiger partial charge in [-0.1, -0.05) is 18.2 Å². The maximum Gasteiger partial charge on any atom is 0.335 e. The van der Waals surface area contributed by atoms with Crippen molar-refractivity contribution in [2.45, 2.75) is 6.92 Å². The Morgan fingerprint density at radius 1 is 1.26 bits per heavy atom. The Morgan fingerprint density at radius 3 is 2.84 bits per heavy atom. The topological polar surface area (TPSA) is 50.2 Å². The van der Waals surface area contributed by atoms with Crippen molar-refractivity contribution in [3.05, 3.63) is 53.7 Å². The predicted octanol–water partition coefficient (Wildman–Crippen LogP) is 3.97. The van der Waals surface area contributed by atoms with Gasteiger partial charge in [-0.05, 0) is 36.1 Å². The first kappa shape index (κ1) is 11.9. The number of carbonyl (C=O) groups is 1. The molecule has 1 aromatic carbocycles. The van der Waals surface area contributed by atoms with Crippen molar-refractivity contribution >= 4 is 27.4 Å². The fraction of sp³-hybridized carbons (Fsp3) is 0.0667. The van der Waals surface area contributed by atoms with Crippen molar-refractivity contribution < 1.29 is 9.90 Å². The summed E-state index contributed by atoms with van der Waals surface area (Å²) < 4.78 is 1.22. The third kappa shape index (κ3) is 2.11. The van der Waals surface area contributed by atoms with Crippen LogP contribution in [0.5, 0.6) is 0 Å². The fourth-order valence-electron chi connectivity index (χ4n) is 2.03. The number of thiophene rings is 1. The molecule has 3 nitrogen and oxygen atoms in total. The second-order valence-corrected chi connectivity index (χ2v) is 5.39. The van der Waals surface area contributed by atoms with E-state index in [0.717, 1.165) is 4.88 Å². The second kappa shape index (κ2) is 4.48. The monoisotopic (exact) mass is 269 g/mol.